The van der Waals surface area contributed by atoms with E-state index in [0.29, 0.717) is 5.69 Å². The summed E-state index contributed by atoms with van der Waals surface area (Å²) in [5.41, 5.74) is 5.81. The normalized spacial score (nSPS) is 10.5. The molecule has 5 heteroatoms. The van der Waals surface area contributed by atoms with Gasteiger partial charge in [-0.25, -0.2) is 5.43 Å². The fraction of sp³-hybridized carbons (Fsp3) is 0.118. The van der Waals surface area contributed by atoms with E-state index in [9.17, 15) is 9.59 Å². The largest absolute Gasteiger partial charge is 0.329 e. The summed E-state index contributed by atoms with van der Waals surface area (Å²) in [6.07, 6.45) is 1.48. The van der Waals surface area contributed by atoms with Crippen LogP contribution in [-0.2, 0) is 9.59 Å². The zero-order valence-corrected chi connectivity index (χ0v) is 12.5. The molecule has 22 heavy (non-hydrogen) atoms. The van der Waals surface area contributed by atoms with Gasteiger partial charge in [0.1, 0.15) is 0 Å². The number of hydrogen-bond acceptors (Lipinski definition) is 3. The third kappa shape index (κ3) is 4.56. The number of rotatable bonds is 3. The molecule has 0 atom stereocenters. The van der Waals surface area contributed by atoms with E-state index >= 15 is 0 Å². The zero-order chi connectivity index (χ0) is 15.9. The predicted octanol–water partition coefficient (Wildman–Crippen LogP) is 2.39. The van der Waals surface area contributed by atoms with Crippen molar-refractivity contribution < 1.29 is 9.59 Å². The quantitative estimate of drug-likeness (QED) is 0.518. The Bertz CT molecular complexity index is 689. The van der Waals surface area contributed by atoms with Crippen molar-refractivity contribution in [1.29, 1.82) is 0 Å². The first-order valence-corrected chi connectivity index (χ1v) is 6.82. The molecule has 2 rings (SSSR count). The van der Waals surface area contributed by atoms with Crippen LogP contribution in [0, 0.1) is 13.8 Å². The molecule has 0 bridgehead atoms. The van der Waals surface area contributed by atoms with Crippen molar-refractivity contribution in [3.63, 3.8) is 0 Å². The van der Waals surface area contributed by atoms with Gasteiger partial charge in [-0.05, 0) is 31.5 Å². The van der Waals surface area contributed by atoms with Crippen LogP contribution in [0.3, 0.4) is 0 Å². The number of aryl methyl sites for hydroxylation is 2. The molecule has 0 aliphatic rings. The number of amides is 2. The topological polar surface area (TPSA) is 70.6 Å². The van der Waals surface area contributed by atoms with Gasteiger partial charge in [0.25, 0.3) is 0 Å². The molecule has 0 fully saturated rings. The predicted molar refractivity (Wildman–Crippen MR) is 86.7 cm³/mol. The Balaban J connectivity index is 1.87. The van der Waals surface area contributed by atoms with Gasteiger partial charge in [-0.2, -0.15) is 5.10 Å². The van der Waals surface area contributed by atoms with E-state index in [1.165, 1.54) is 6.21 Å². The molecule has 0 saturated heterocycles. The Hall–Kier alpha value is -2.95. The molecule has 2 amide bonds. The van der Waals surface area contributed by atoms with E-state index < -0.39 is 11.8 Å². The number of carbonyl (C=O) groups excluding carboxylic acids is 2. The van der Waals surface area contributed by atoms with Gasteiger partial charge in [0.15, 0.2) is 0 Å². The monoisotopic (exact) mass is 295 g/mol. The number of hydrazone groups is 1. The molecule has 2 aromatic carbocycles. The molecule has 2 N–H and O–H groups in total. The van der Waals surface area contributed by atoms with Crippen molar-refractivity contribution in [3.8, 4) is 0 Å². The summed E-state index contributed by atoms with van der Waals surface area (Å²) in [6, 6.07) is 14.8. The maximum Gasteiger partial charge on any atom is 0.329 e. The summed E-state index contributed by atoms with van der Waals surface area (Å²) in [5, 5.41) is 6.26. The zero-order valence-electron chi connectivity index (χ0n) is 12.5. The van der Waals surface area contributed by atoms with Gasteiger partial charge in [-0.3, -0.25) is 9.59 Å². The van der Waals surface area contributed by atoms with Crippen molar-refractivity contribution in [2.45, 2.75) is 13.8 Å². The number of anilines is 1. The maximum atomic E-state index is 11.7. The highest BCUT2D eigenvalue weighted by molar-refractivity contribution is 6.39. The van der Waals surface area contributed by atoms with Crippen molar-refractivity contribution >= 4 is 23.7 Å². The summed E-state index contributed by atoms with van der Waals surface area (Å²) in [5.74, 6) is -1.58. The summed E-state index contributed by atoms with van der Waals surface area (Å²) in [4.78, 5) is 23.3. The summed E-state index contributed by atoms with van der Waals surface area (Å²) < 4.78 is 0. The first kappa shape index (κ1) is 15.4. The van der Waals surface area contributed by atoms with Crippen molar-refractivity contribution in [2.75, 3.05) is 5.32 Å². The highest BCUT2D eigenvalue weighted by Crippen LogP contribution is 2.08. The SMILES string of the molecule is Cc1ccc(/C=N/NC(=O)C(=O)Nc2ccc(C)cc2)cc1. The lowest BCUT2D eigenvalue weighted by Gasteiger charge is -2.04. The average molecular weight is 295 g/mol. The summed E-state index contributed by atoms with van der Waals surface area (Å²) >= 11 is 0. The van der Waals surface area contributed by atoms with Gasteiger partial charge < -0.3 is 5.32 Å². The van der Waals surface area contributed by atoms with E-state index in [1.807, 2.05) is 50.2 Å². The van der Waals surface area contributed by atoms with Crippen LogP contribution in [0.4, 0.5) is 5.69 Å². The molecule has 0 aliphatic carbocycles. The lowest BCUT2D eigenvalue weighted by molar-refractivity contribution is -0.136. The van der Waals surface area contributed by atoms with E-state index in [1.54, 1.807) is 12.1 Å². The number of benzene rings is 2. The van der Waals surface area contributed by atoms with Gasteiger partial charge in [-0.1, -0.05) is 47.5 Å². The smallest absolute Gasteiger partial charge is 0.318 e. The Morgan fingerprint density at radius 2 is 1.41 bits per heavy atom. The highest BCUT2D eigenvalue weighted by Gasteiger charge is 2.12. The van der Waals surface area contributed by atoms with Crippen LogP contribution >= 0.6 is 0 Å². The molecular weight excluding hydrogens is 278 g/mol. The molecule has 0 saturated carbocycles. The minimum absolute atomic E-state index is 0.563. The van der Waals surface area contributed by atoms with Gasteiger partial charge in [0.2, 0.25) is 0 Å². The molecule has 0 spiro atoms. The molecule has 0 aliphatic heterocycles. The van der Waals surface area contributed by atoms with Gasteiger partial charge >= 0.3 is 11.8 Å². The van der Waals surface area contributed by atoms with Crippen molar-refractivity contribution in [1.82, 2.24) is 5.43 Å². The van der Waals surface area contributed by atoms with Gasteiger partial charge in [0.05, 0.1) is 6.21 Å². The third-order valence-corrected chi connectivity index (χ3v) is 2.97. The third-order valence-electron chi connectivity index (χ3n) is 2.97. The van der Waals surface area contributed by atoms with Crippen LogP contribution in [0.5, 0.6) is 0 Å². The summed E-state index contributed by atoms with van der Waals surface area (Å²) in [7, 11) is 0. The van der Waals surface area contributed by atoms with Crippen LogP contribution in [0.1, 0.15) is 16.7 Å². The number of nitrogens with zero attached hydrogens (tertiary/aromatic N) is 1. The first-order chi connectivity index (χ1) is 10.5. The Labute approximate surface area is 129 Å². The van der Waals surface area contributed by atoms with E-state index in [-0.39, 0.29) is 0 Å². The molecule has 0 radical (unpaired) electrons. The maximum absolute atomic E-state index is 11.7. The second-order valence-corrected chi connectivity index (χ2v) is 4.93. The fourth-order valence-electron chi connectivity index (χ4n) is 1.69. The van der Waals surface area contributed by atoms with Crippen molar-refractivity contribution in [3.05, 3.63) is 65.2 Å². The minimum Gasteiger partial charge on any atom is -0.318 e. The van der Waals surface area contributed by atoms with Crippen molar-refractivity contribution in [2.24, 2.45) is 5.10 Å². The molecule has 5 nitrogen and oxygen atoms in total. The van der Waals surface area contributed by atoms with Gasteiger partial charge in [0, 0.05) is 5.69 Å². The Morgan fingerprint density at radius 3 is 2.00 bits per heavy atom. The molecule has 0 unspecified atom stereocenters. The average Bonchev–Trinajstić information content (AvgIpc) is 2.51. The molecule has 112 valence electrons. The fourth-order valence-corrected chi connectivity index (χ4v) is 1.69. The standard InChI is InChI=1S/C17H17N3O2/c1-12-3-7-14(8-4-12)11-18-20-17(22)16(21)19-15-9-5-13(2)6-10-15/h3-11H,1-2H3,(H,19,21)(H,20,22)/b18-11+. The molecular formula is C17H17N3O2. The lowest BCUT2D eigenvalue weighted by Crippen LogP contribution is -2.32. The molecule has 2 aromatic rings. The first-order valence-electron chi connectivity index (χ1n) is 6.82. The molecule has 0 heterocycles. The molecule has 0 aromatic heterocycles. The van der Waals surface area contributed by atoms with Crippen LogP contribution < -0.4 is 10.7 Å². The Morgan fingerprint density at radius 1 is 0.864 bits per heavy atom. The van der Waals surface area contributed by atoms with Gasteiger partial charge in [-0.15, -0.1) is 0 Å². The summed E-state index contributed by atoms with van der Waals surface area (Å²) in [6.45, 7) is 3.93. The number of hydrogen-bond donors (Lipinski definition) is 2. The van der Waals surface area contributed by atoms with E-state index in [0.717, 1.165) is 16.7 Å². The number of carbonyl (C=O) groups is 2. The van der Waals surface area contributed by atoms with Crippen LogP contribution in [0.25, 0.3) is 0 Å². The van der Waals surface area contributed by atoms with Crippen LogP contribution in [-0.4, -0.2) is 18.0 Å². The van der Waals surface area contributed by atoms with E-state index in [2.05, 4.69) is 15.8 Å². The Kier molecular flexibility index (Phi) is 5.03. The number of nitrogens with one attached hydrogen (secondary N) is 2. The van der Waals surface area contributed by atoms with Crippen LogP contribution in [0.2, 0.25) is 0 Å². The second kappa shape index (κ2) is 7.17. The van der Waals surface area contributed by atoms with Crippen LogP contribution in [0.15, 0.2) is 53.6 Å². The van der Waals surface area contributed by atoms with E-state index in [4.69, 9.17) is 0 Å². The second-order valence-electron chi connectivity index (χ2n) is 4.93. The lowest BCUT2D eigenvalue weighted by atomic mass is 10.2. The highest BCUT2D eigenvalue weighted by atomic mass is 16.2. The minimum atomic E-state index is -0.816.